The quantitative estimate of drug-likeness (QED) is 0.208. The molecule has 0 aromatic heterocycles. The maximum atomic E-state index is 12.6. The molecule has 2 fully saturated rings. The van der Waals surface area contributed by atoms with Crippen LogP contribution in [0.4, 0.5) is 13.2 Å². The zero-order valence-corrected chi connectivity index (χ0v) is 20.0. The summed E-state index contributed by atoms with van der Waals surface area (Å²) >= 11 is 0. The van der Waals surface area contributed by atoms with Crippen molar-refractivity contribution < 1.29 is 21.6 Å². The summed E-state index contributed by atoms with van der Waals surface area (Å²) in [5.41, 5.74) is -5.23. The Hall–Kier alpha value is -0.340. The molecule has 2 saturated heterocycles. The molecule has 0 aromatic rings. The van der Waals surface area contributed by atoms with Crippen LogP contribution in [0.25, 0.3) is 0 Å². The summed E-state index contributed by atoms with van der Waals surface area (Å²) in [5.74, 6) is 0.786. The topological polar surface area (TPSA) is 77.0 Å². The summed E-state index contributed by atoms with van der Waals surface area (Å²) in [6.07, 6.45) is 4.35. The second kappa shape index (κ2) is 12.5. The molecule has 172 valence electrons. The zero-order chi connectivity index (χ0) is 20.6. The lowest BCUT2D eigenvalue weighted by molar-refractivity contribution is -0.0496. The summed E-state index contributed by atoms with van der Waals surface area (Å²) in [7, 11) is -5.22. The van der Waals surface area contributed by atoms with Crippen LogP contribution in [-0.4, -0.2) is 81.4 Å². The van der Waals surface area contributed by atoms with Crippen molar-refractivity contribution in [1.29, 1.82) is 0 Å². The Labute approximate surface area is 188 Å². The second-order valence-electron chi connectivity index (χ2n) is 7.34. The predicted octanol–water partition coefficient (Wildman–Crippen LogP) is 2.21. The van der Waals surface area contributed by atoms with Crippen molar-refractivity contribution in [2.24, 2.45) is 10.9 Å². The molecule has 0 aromatic carbocycles. The van der Waals surface area contributed by atoms with Crippen molar-refractivity contribution in [2.75, 3.05) is 52.4 Å². The van der Waals surface area contributed by atoms with Gasteiger partial charge in [-0.1, -0.05) is 0 Å². The van der Waals surface area contributed by atoms with Crippen LogP contribution in [0.3, 0.4) is 0 Å². The number of halogens is 4. The van der Waals surface area contributed by atoms with Crippen molar-refractivity contribution in [3.8, 4) is 0 Å². The first-order valence-electron chi connectivity index (χ1n) is 10.0. The van der Waals surface area contributed by atoms with Gasteiger partial charge >= 0.3 is 15.5 Å². The average Bonchev–Trinajstić information content (AvgIpc) is 3.16. The smallest absolute Gasteiger partial charge is 0.357 e. The molecule has 2 N–H and O–H groups in total. The van der Waals surface area contributed by atoms with Gasteiger partial charge in [0.25, 0.3) is 0 Å². The van der Waals surface area contributed by atoms with Crippen molar-refractivity contribution in [3.05, 3.63) is 0 Å². The van der Waals surface area contributed by atoms with Crippen molar-refractivity contribution in [2.45, 2.75) is 44.5 Å². The molecule has 0 radical (unpaired) electrons. The van der Waals surface area contributed by atoms with Gasteiger partial charge in [0.05, 0.1) is 0 Å². The van der Waals surface area contributed by atoms with Crippen LogP contribution in [-0.2, 0) is 10.0 Å². The summed E-state index contributed by atoms with van der Waals surface area (Å²) in [6.45, 7) is 7.18. The fraction of sp³-hybridized carbons (Fsp3) is 0.941. The van der Waals surface area contributed by atoms with Crippen LogP contribution >= 0.6 is 24.0 Å². The normalized spacial score (nSPS) is 20.5. The van der Waals surface area contributed by atoms with Crippen molar-refractivity contribution >= 4 is 40.0 Å². The van der Waals surface area contributed by atoms with E-state index in [-0.39, 0.29) is 43.0 Å². The Kier molecular flexibility index (Phi) is 11.5. The predicted molar refractivity (Wildman–Crippen MR) is 119 cm³/mol. The molecule has 0 aliphatic carbocycles. The van der Waals surface area contributed by atoms with E-state index >= 15 is 0 Å². The average molecular weight is 555 g/mol. The monoisotopic (exact) mass is 555 g/mol. The van der Waals surface area contributed by atoms with E-state index in [1.807, 2.05) is 6.92 Å². The number of alkyl halides is 3. The van der Waals surface area contributed by atoms with Crippen LogP contribution in [0.15, 0.2) is 4.99 Å². The van der Waals surface area contributed by atoms with E-state index in [4.69, 9.17) is 0 Å². The minimum Gasteiger partial charge on any atom is -0.357 e. The van der Waals surface area contributed by atoms with Gasteiger partial charge in [0.15, 0.2) is 5.96 Å². The number of hydrogen-bond acceptors (Lipinski definition) is 4. The molecule has 12 heteroatoms. The van der Waals surface area contributed by atoms with E-state index in [9.17, 15) is 21.6 Å². The highest BCUT2D eigenvalue weighted by Crippen LogP contribution is 2.30. The van der Waals surface area contributed by atoms with E-state index in [1.165, 1.54) is 25.9 Å². The maximum Gasteiger partial charge on any atom is 0.511 e. The molecule has 0 amide bonds. The molecule has 29 heavy (non-hydrogen) atoms. The SMILES string of the molecule is CCNC(=NCC1CCN(S(=O)(=O)C(F)(F)F)CC1)NCCCN1CCCC1.I. The molecule has 2 aliphatic heterocycles. The van der Waals surface area contributed by atoms with E-state index in [1.54, 1.807) is 0 Å². The van der Waals surface area contributed by atoms with Crippen LogP contribution < -0.4 is 10.6 Å². The molecule has 0 spiro atoms. The van der Waals surface area contributed by atoms with Gasteiger partial charge in [0.2, 0.25) is 0 Å². The largest absolute Gasteiger partial charge is 0.511 e. The molecule has 2 rings (SSSR count). The zero-order valence-electron chi connectivity index (χ0n) is 16.9. The minimum absolute atomic E-state index is 0. The molecule has 0 atom stereocenters. The Bertz CT molecular complexity index is 605. The molecule has 0 bridgehead atoms. The number of guanidine groups is 1. The van der Waals surface area contributed by atoms with Gasteiger partial charge in [-0.05, 0) is 64.6 Å². The van der Waals surface area contributed by atoms with Crippen LogP contribution in [0, 0.1) is 5.92 Å². The second-order valence-corrected chi connectivity index (χ2v) is 9.27. The number of piperidine rings is 1. The van der Waals surface area contributed by atoms with Gasteiger partial charge in [-0.15, -0.1) is 24.0 Å². The van der Waals surface area contributed by atoms with E-state index < -0.39 is 15.5 Å². The number of hydrogen-bond donors (Lipinski definition) is 2. The lowest BCUT2D eigenvalue weighted by Gasteiger charge is -2.30. The fourth-order valence-corrected chi connectivity index (χ4v) is 4.54. The Morgan fingerprint density at radius 3 is 2.28 bits per heavy atom. The van der Waals surface area contributed by atoms with Crippen LogP contribution in [0.2, 0.25) is 0 Å². The molecular formula is C17H33F3IN5O2S. The number of nitrogens with zero attached hydrogens (tertiary/aromatic N) is 3. The van der Waals surface area contributed by atoms with Crippen LogP contribution in [0.1, 0.15) is 39.0 Å². The van der Waals surface area contributed by atoms with Gasteiger partial charge in [0.1, 0.15) is 0 Å². The highest BCUT2D eigenvalue weighted by Gasteiger charge is 2.50. The number of rotatable bonds is 8. The maximum absolute atomic E-state index is 12.6. The fourth-order valence-electron chi connectivity index (χ4n) is 3.56. The van der Waals surface area contributed by atoms with E-state index in [0.29, 0.717) is 29.7 Å². The molecule has 7 nitrogen and oxygen atoms in total. The first-order chi connectivity index (χ1) is 13.2. The Morgan fingerprint density at radius 2 is 1.72 bits per heavy atom. The standard InChI is InChI=1S/C17H32F3N5O2S.HI/c1-2-21-16(22-8-5-11-24-9-3-4-10-24)23-14-15-6-12-25(13-7-15)28(26,27)17(18,19)20;/h15H,2-14H2,1H3,(H2,21,22,23);1H. The van der Waals surface area contributed by atoms with Crippen molar-refractivity contribution in [3.63, 3.8) is 0 Å². The molecule has 2 heterocycles. The molecule has 0 saturated carbocycles. The summed E-state index contributed by atoms with van der Waals surface area (Å²) < 4.78 is 61.3. The summed E-state index contributed by atoms with van der Waals surface area (Å²) in [5, 5.41) is 6.47. The first-order valence-corrected chi connectivity index (χ1v) is 11.5. The lowest BCUT2D eigenvalue weighted by Crippen LogP contribution is -2.45. The number of sulfonamides is 1. The summed E-state index contributed by atoms with van der Waals surface area (Å²) in [6, 6.07) is 0. The van der Waals surface area contributed by atoms with E-state index in [0.717, 1.165) is 26.1 Å². The highest BCUT2D eigenvalue weighted by molar-refractivity contribution is 14.0. The number of aliphatic imine (C=N–C) groups is 1. The van der Waals surface area contributed by atoms with Gasteiger partial charge in [-0.25, -0.2) is 8.42 Å². The Balaban J connectivity index is 0.00000420. The molecule has 2 aliphatic rings. The van der Waals surface area contributed by atoms with Crippen LogP contribution in [0.5, 0.6) is 0 Å². The lowest BCUT2D eigenvalue weighted by atomic mass is 9.98. The molecular weight excluding hydrogens is 522 g/mol. The third-order valence-corrected chi connectivity index (χ3v) is 6.83. The van der Waals surface area contributed by atoms with Gasteiger partial charge in [-0.3, -0.25) is 4.99 Å². The van der Waals surface area contributed by atoms with Crippen molar-refractivity contribution in [1.82, 2.24) is 19.8 Å². The summed E-state index contributed by atoms with van der Waals surface area (Å²) in [4.78, 5) is 6.99. The third-order valence-electron chi connectivity index (χ3n) is 5.20. The van der Waals surface area contributed by atoms with Gasteiger partial charge < -0.3 is 15.5 Å². The van der Waals surface area contributed by atoms with Gasteiger partial charge in [0, 0.05) is 32.7 Å². The highest BCUT2D eigenvalue weighted by atomic mass is 127. The van der Waals surface area contributed by atoms with E-state index in [2.05, 4.69) is 20.5 Å². The Morgan fingerprint density at radius 1 is 1.10 bits per heavy atom. The number of likely N-dealkylation sites (tertiary alicyclic amines) is 1. The minimum atomic E-state index is -5.23. The van der Waals surface area contributed by atoms with Gasteiger partial charge in [-0.2, -0.15) is 17.5 Å². The number of nitrogens with one attached hydrogen (secondary N) is 2. The molecule has 0 unspecified atom stereocenters. The third kappa shape index (κ3) is 8.37. The first kappa shape index (κ1) is 26.7.